The minimum absolute atomic E-state index is 0.0551. The summed E-state index contributed by atoms with van der Waals surface area (Å²) in [4.78, 5) is 26.9. The van der Waals surface area contributed by atoms with E-state index >= 15 is 0 Å². The predicted octanol–water partition coefficient (Wildman–Crippen LogP) is 3.72. The first-order chi connectivity index (χ1) is 16.9. The van der Waals surface area contributed by atoms with Crippen molar-refractivity contribution in [1.82, 2.24) is 9.58 Å². The summed E-state index contributed by atoms with van der Waals surface area (Å²) < 4.78 is 36.5. The van der Waals surface area contributed by atoms with Crippen molar-refractivity contribution in [2.75, 3.05) is 24.8 Å². The second-order valence-corrected chi connectivity index (χ2v) is 8.48. The summed E-state index contributed by atoms with van der Waals surface area (Å²) in [6, 6.07) is 5.15. The molecule has 7 nitrogen and oxygen atoms in total. The van der Waals surface area contributed by atoms with Crippen LogP contribution in [-0.2, 0) is 0 Å². The maximum Gasteiger partial charge on any atom is 0.278 e. The van der Waals surface area contributed by atoms with Crippen LogP contribution < -0.4 is 15.2 Å². The van der Waals surface area contributed by atoms with E-state index in [0.717, 1.165) is 0 Å². The van der Waals surface area contributed by atoms with Gasteiger partial charge in [-0.3, -0.25) is 19.3 Å². The zero-order valence-corrected chi connectivity index (χ0v) is 18.7. The van der Waals surface area contributed by atoms with Gasteiger partial charge in [0.25, 0.3) is 5.91 Å². The van der Waals surface area contributed by atoms with Gasteiger partial charge >= 0.3 is 0 Å². The number of amides is 1. The van der Waals surface area contributed by atoms with Crippen LogP contribution in [0.4, 0.5) is 8.78 Å². The van der Waals surface area contributed by atoms with Crippen LogP contribution in [0, 0.1) is 11.7 Å². The summed E-state index contributed by atoms with van der Waals surface area (Å²) in [5, 5.41) is 12.3. The maximum absolute atomic E-state index is 15.0. The van der Waals surface area contributed by atoms with Gasteiger partial charge in [-0.25, -0.2) is 8.78 Å². The van der Waals surface area contributed by atoms with E-state index in [1.807, 2.05) is 6.08 Å². The number of hydrogen-bond donors (Lipinski definition) is 1. The van der Waals surface area contributed by atoms with Gasteiger partial charge in [-0.05, 0) is 30.7 Å². The first kappa shape index (κ1) is 22.6. The van der Waals surface area contributed by atoms with Crippen molar-refractivity contribution in [1.29, 1.82) is 0 Å². The van der Waals surface area contributed by atoms with Crippen molar-refractivity contribution < 1.29 is 23.4 Å². The number of para-hydroxylation sites is 1. The summed E-state index contributed by atoms with van der Waals surface area (Å²) in [7, 11) is 0. The largest absolute Gasteiger partial charge is 0.502 e. The fourth-order valence-corrected chi connectivity index (χ4v) is 4.60. The zero-order chi connectivity index (χ0) is 24.5. The highest BCUT2D eigenvalue weighted by Crippen LogP contribution is 2.38. The van der Waals surface area contributed by atoms with Gasteiger partial charge in [0.05, 0.1) is 6.04 Å². The molecule has 0 radical (unpaired) electrons. The van der Waals surface area contributed by atoms with Gasteiger partial charge in [0.1, 0.15) is 19.1 Å². The fraction of sp³-hybridized carbons (Fsp3) is 0.231. The molecule has 2 aliphatic heterocycles. The van der Waals surface area contributed by atoms with Gasteiger partial charge in [-0.1, -0.05) is 36.4 Å². The minimum atomic E-state index is -0.680. The van der Waals surface area contributed by atoms with E-state index in [1.54, 1.807) is 41.4 Å². The lowest BCUT2D eigenvalue weighted by Crippen LogP contribution is -2.55. The lowest BCUT2D eigenvalue weighted by atomic mass is 9.92. The van der Waals surface area contributed by atoms with Crippen molar-refractivity contribution in [2.45, 2.75) is 12.5 Å². The van der Waals surface area contributed by atoms with Gasteiger partial charge < -0.3 is 14.7 Å². The number of aromatic hydroxyl groups is 1. The first-order valence-corrected chi connectivity index (χ1v) is 11.2. The van der Waals surface area contributed by atoms with Crippen molar-refractivity contribution >= 4 is 5.91 Å². The molecule has 180 valence electrons. The number of halogens is 2. The van der Waals surface area contributed by atoms with E-state index in [2.05, 4.69) is 0 Å². The minimum Gasteiger partial charge on any atom is -0.502 e. The molecule has 2 atom stereocenters. The molecule has 1 amide bonds. The topological polar surface area (TPSA) is 75.0 Å². The molecule has 0 fully saturated rings. The molecular formula is C26H23F2N3O4. The van der Waals surface area contributed by atoms with E-state index in [9.17, 15) is 23.5 Å². The van der Waals surface area contributed by atoms with E-state index < -0.39 is 34.8 Å². The molecule has 1 unspecified atom stereocenters. The molecule has 1 aliphatic carbocycles. The monoisotopic (exact) mass is 479 g/mol. The molecule has 1 N–H and O–H groups in total. The number of ether oxygens (including phenoxy) is 1. The highest BCUT2D eigenvalue weighted by Gasteiger charge is 2.37. The third kappa shape index (κ3) is 4.25. The second-order valence-electron chi connectivity index (χ2n) is 8.48. The summed E-state index contributed by atoms with van der Waals surface area (Å²) in [5.74, 6) is -2.42. The average molecular weight is 479 g/mol. The number of allylic oxidation sites excluding steroid dienone is 6. The van der Waals surface area contributed by atoms with Crippen LogP contribution >= 0.6 is 0 Å². The van der Waals surface area contributed by atoms with Gasteiger partial charge in [0.15, 0.2) is 23.0 Å². The Balaban J connectivity index is 1.72. The number of pyridine rings is 1. The number of rotatable bonds is 2. The number of benzene rings is 1. The molecule has 3 heterocycles. The number of nitrogens with zero attached hydrogens (tertiary/aromatic N) is 3. The van der Waals surface area contributed by atoms with Crippen LogP contribution in [0.2, 0.25) is 0 Å². The smallest absolute Gasteiger partial charge is 0.278 e. The highest BCUT2D eigenvalue weighted by atomic mass is 19.1. The van der Waals surface area contributed by atoms with E-state index in [4.69, 9.17) is 4.74 Å². The Bertz CT molecular complexity index is 1340. The Morgan fingerprint density at radius 2 is 1.97 bits per heavy atom. The molecule has 2 bridgehead atoms. The van der Waals surface area contributed by atoms with Crippen molar-refractivity contribution in [3.05, 3.63) is 106 Å². The van der Waals surface area contributed by atoms with Crippen LogP contribution in [0.3, 0.4) is 0 Å². The average Bonchev–Trinajstić information content (AvgIpc) is 3.06. The Morgan fingerprint density at radius 3 is 2.83 bits per heavy atom. The summed E-state index contributed by atoms with van der Waals surface area (Å²) in [6.07, 6.45) is 13.1. The number of carbonyl (C=O) groups excluding carboxylic acids is 1. The summed E-state index contributed by atoms with van der Waals surface area (Å²) in [5.41, 5.74) is -0.362. The highest BCUT2D eigenvalue weighted by molar-refractivity contribution is 5.96. The quantitative estimate of drug-likeness (QED) is 0.665. The molecule has 0 saturated heterocycles. The van der Waals surface area contributed by atoms with Crippen molar-refractivity contribution in [3.63, 3.8) is 0 Å². The summed E-state index contributed by atoms with van der Waals surface area (Å²) in [6.45, 7) is 0.356. The molecule has 0 spiro atoms. The van der Waals surface area contributed by atoms with Crippen LogP contribution in [0.5, 0.6) is 11.5 Å². The molecule has 0 saturated carbocycles. The maximum atomic E-state index is 15.0. The zero-order valence-electron chi connectivity index (χ0n) is 18.7. The van der Waals surface area contributed by atoms with E-state index in [-0.39, 0.29) is 37.2 Å². The van der Waals surface area contributed by atoms with Crippen LogP contribution in [0.25, 0.3) is 0 Å². The van der Waals surface area contributed by atoms with Crippen LogP contribution in [0.15, 0.2) is 83.6 Å². The van der Waals surface area contributed by atoms with E-state index in [1.165, 1.54) is 40.1 Å². The van der Waals surface area contributed by atoms with Crippen molar-refractivity contribution in [2.24, 2.45) is 5.92 Å². The second kappa shape index (κ2) is 9.25. The molecule has 35 heavy (non-hydrogen) atoms. The molecular weight excluding hydrogens is 456 g/mol. The molecule has 3 aliphatic rings. The third-order valence-corrected chi connectivity index (χ3v) is 6.26. The Kier molecular flexibility index (Phi) is 5.98. The Labute approximate surface area is 200 Å². The van der Waals surface area contributed by atoms with Crippen molar-refractivity contribution in [3.8, 4) is 11.5 Å². The Hall–Kier alpha value is -4.14. The third-order valence-electron chi connectivity index (χ3n) is 6.26. The molecule has 9 heteroatoms. The van der Waals surface area contributed by atoms with Crippen LogP contribution in [0.1, 0.15) is 28.5 Å². The molecule has 1 aromatic carbocycles. The normalized spacial score (nSPS) is 22.3. The number of aromatic nitrogens is 1. The number of fused-ring (bicyclic) bond motifs is 5. The SMILES string of the molecule is O=C1c2c(O)c(=O)ccn2N2CN1C/C=C\COc1c(F)cccc1C2C[C@H]1C=CC=CC(F)=C1. The number of hydrogen-bond acceptors (Lipinski definition) is 5. The lowest BCUT2D eigenvalue weighted by molar-refractivity contribution is 0.0695. The van der Waals surface area contributed by atoms with Crippen LogP contribution in [-0.4, -0.2) is 40.4 Å². The van der Waals surface area contributed by atoms with E-state index in [0.29, 0.717) is 12.0 Å². The lowest BCUT2D eigenvalue weighted by Gasteiger charge is -2.44. The predicted molar refractivity (Wildman–Crippen MR) is 126 cm³/mol. The van der Waals surface area contributed by atoms with Gasteiger partial charge in [-0.15, -0.1) is 0 Å². The molecule has 1 aromatic heterocycles. The van der Waals surface area contributed by atoms with Gasteiger partial charge in [0.2, 0.25) is 5.43 Å². The summed E-state index contributed by atoms with van der Waals surface area (Å²) >= 11 is 0. The first-order valence-electron chi connectivity index (χ1n) is 11.2. The van der Waals surface area contributed by atoms with Gasteiger partial charge in [-0.2, -0.15) is 0 Å². The van der Waals surface area contributed by atoms with Gasteiger partial charge in [0, 0.05) is 30.3 Å². The molecule has 2 aromatic rings. The molecule has 5 rings (SSSR count). The number of carbonyl (C=O) groups is 1. The standard InChI is InChI=1S/C26H23F2N3O4/c27-18-7-2-1-6-17(14-18)15-21-19-8-5-9-20(28)25(19)35-13-4-3-11-29-16-31(21)30-12-10-22(32)24(33)23(30)26(29)34/h1-10,12,14,17,21,33H,11,13,15-16H2/b4-3-/t17-,21?/m0/s1. The fourth-order valence-electron chi connectivity index (χ4n) is 4.60. The Morgan fingerprint density at radius 1 is 1.11 bits per heavy atom.